The van der Waals surface area contributed by atoms with Gasteiger partial charge in [-0.1, -0.05) is 6.92 Å². The summed E-state index contributed by atoms with van der Waals surface area (Å²) in [6, 6.07) is 2.12. The summed E-state index contributed by atoms with van der Waals surface area (Å²) < 4.78 is 0. The largest absolute Gasteiger partial charge is 0.387 e. The van der Waals surface area contributed by atoms with Gasteiger partial charge in [0.05, 0.1) is 11.4 Å². The van der Waals surface area contributed by atoms with Gasteiger partial charge in [-0.3, -0.25) is 4.98 Å². The van der Waals surface area contributed by atoms with Gasteiger partial charge in [-0.2, -0.15) is 0 Å². The highest BCUT2D eigenvalue weighted by atomic mass is 14.9. The van der Waals surface area contributed by atoms with Gasteiger partial charge in [0.25, 0.3) is 0 Å². The van der Waals surface area contributed by atoms with E-state index in [-0.39, 0.29) is 0 Å². The molecule has 2 heteroatoms. The van der Waals surface area contributed by atoms with Crippen LogP contribution in [0.25, 0.3) is 0 Å². The Bertz CT molecular complexity index is 243. The van der Waals surface area contributed by atoms with E-state index in [1.165, 1.54) is 5.56 Å². The van der Waals surface area contributed by atoms with E-state index in [1.54, 1.807) is 0 Å². The van der Waals surface area contributed by atoms with Gasteiger partial charge >= 0.3 is 0 Å². The molecule has 0 saturated heterocycles. The van der Waals surface area contributed by atoms with Crippen LogP contribution in [0.15, 0.2) is 12.3 Å². The zero-order chi connectivity index (χ0) is 8.27. The summed E-state index contributed by atoms with van der Waals surface area (Å²) in [7, 11) is 1.93. The molecule has 1 heterocycles. The third-order valence-electron chi connectivity index (χ3n) is 1.71. The molecule has 0 unspecified atom stereocenters. The summed E-state index contributed by atoms with van der Waals surface area (Å²) >= 11 is 0. The highest BCUT2D eigenvalue weighted by molar-refractivity contribution is 5.48. The topological polar surface area (TPSA) is 24.9 Å². The third kappa shape index (κ3) is 1.70. The Labute approximate surface area is 67.7 Å². The van der Waals surface area contributed by atoms with Crippen LogP contribution >= 0.6 is 0 Å². The molecule has 0 aliphatic rings. The summed E-state index contributed by atoms with van der Waals surface area (Å²) in [6.07, 6.45) is 2.89. The van der Waals surface area contributed by atoms with E-state index in [4.69, 9.17) is 0 Å². The first-order valence-electron chi connectivity index (χ1n) is 3.91. The maximum absolute atomic E-state index is 4.31. The van der Waals surface area contributed by atoms with Crippen molar-refractivity contribution < 1.29 is 0 Å². The molecular formula is C9H14N2. The predicted molar refractivity (Wildman–Crippen MR) is 47.9 cm³/mol. The molecule has 1 aromatic heterocycles. The van der Waals surface area contributed by atoms with Crippen LogP contribution in [-0.2, 0) is 6.42 Å². The van der Waals surface area contributed by atoms with E-state index in [9.17, 15) is 0 Å². The number of rotatable bonds is 2. The zero-order valence-corrected chi connectivity index (χ0v) is 7.31. The summed E-state index contributed by atoms with van der Waals surface area (Å²) in [6.45, 7) is 4.16. The lowest BCUT2D eigenvalue weighted by molar-refractivity contribution is 1.03. The highest BCUT2D eigenvalue weighted by Crippen LogP contribution is 2.13. The van der Waals surface area contributed by atoms with Crippen molar-refractivity contribution in [1.29, 1.82) is 0 Å². The van der Waals surface area contributed by atoms with Gasteiger partial charge in [-0.25, -0.2) is 0 Å². The van der Waals surface area contributed by atoms with Gasteiger partial charge in [0.1, 0.15) is 0 Å². The summed E-state index contributed by atoms with van der Waals surface area (Å²) in [5.41, 5.74) is 3.48. The first-order chi connectivity index (χ1) is 5.27. The van der Waals surface area contributed by atoms with Crippen molar-refractivity contribution in [2.45, 2.75) is 20.3 Å². The monoisotopic (exact) mass is 150 g/mol. The van der Waals surface area contributed by atoms with Gasteiger partial charge in [-0.05, 0) is 25.0 Å². The number of pyridine rings is 1. The third-order valence-corrected chi connectivity index (χ3v) is 1.71. The van der Waals surface area contributed by atoms with Crippen molar-refractivity contribution in [2.24, 2.45) is 0 Å². The van der Waals surface area contributed by atoms with Gasteiger partial charge in [0.2, 0.25) is 0 Å². The van der Waals surface area contributed by atoms with Crippen LogP contribution < -0.4 is 5.32 Å². The molecule has 0 aliphatic carbocycles. The molecule has 0 bridgehead atoms. The van der Waals surface area contributed by atoms with Gasteiger partial charge in [0, 0.05) is 13.2 Å². The number of nitrogens with zero attached hydrogens (tertiary/aromatic N) is 1. The minimum Gasteiger partial charge on any atom is -0.387 e. The Hall–Kier alpha value is -1.05. The Kier molecular flexibility index (Phi) is 2.47. The summed E-state index contributed by atoms with van der Waals surface area (Å²) in [5, 5.41) is 3.12. The fourth-order valence-corrected chi connectivity index (χ4v) is 1.10. The number of anilines is 1. The molecule has 0 radical (unpaired) electrons. The Morgan fingerprint density at radius 1 is 1.55 bits per heavy atom. The van der Waals surface area contributed by atoms with E-state index >= 15 is 0 Å². The maximum Gasteiger partial charge on any atom is 0.0631 e. The van der Waals surface area contributed by atoms with E-state index in [1.807, 2.05) is 20.2 Å². The SMILES string of the molecule is CCc1ncc(C)cc1NC. The molecule has 1 rings (SSSR count). The highest BCUT2D eigenvalue weighted by Gasteiger charge is 1.98. The first-order valence-corrected chi connectivity index (χ1v) is 3.91. The average molecular weight is 150 g/mol. The van der Waals surface area contributed by atoms with Crippen molar-refractivity contribution in [3.05, 3.63) is 23.5 Å². The summed E-state index contributed by atoms with van der Waals surface area (Å²) in [5.74, 6) is 0. The number of hydrogen-bond acceptors (Lipinski definition) is 2. The number of nitrogens with one attached hydrogen (secondary N) is 1. The molecule has 1 N–H and O–H groups in total. The van der Waals surface area contributed by atoms with Crippen LogP contribution in [0.2, 0.25) is 0 Å². The van der Waals surface area contributed by atoms with E-state index in [0.29, 0.717) is 0 Å². The van der Waals surface area contributed by atoms with Gasteiger partial charge in [-0.15, -0.1) is 0 Å². The predicted octanol–water partition coefficient (Wildman–Crippen LogP) is 1.99. The number of hydrogen-bond donors (Lipinski definition) is 1. The van der Waals surface area contributed by atoms with Crippen molar-refractivity contribution in [2.75, 3.05) is 12.4 Å². The molecule has 0 fully saturated rings. The molecule has 0 amide bonds. The van der Waals surface area contributed by atoms with E-state index in [2.05, 4.69) is 23.3 Å². The molecule has 11 heavy (non-hydrogen) atoms. The van der Waals surface area contributed by atoms with Crippen LogP contribution in [-0.4, -0.2) is 12.0 Å². The zero-order valence-electron chi connectivity index (χ0n) is 7.31. The number of aromatic nitrogens is 1. The van der Waals surface area contributed by atoms with Crippen LogP contribution in [0, 0.1) is 6.92 Å². The lowest BCUT2D eigenvalue weighted by atomic mass is 10.2. The second kappa shape index (κ2) is 3.37. The average Bonchev–Trinajstić information content (AvgIpc) is 2.04. The fraction of sp³-hybridized carbons (Fsp3) is 0.444. The Balaban J connectivity index is 3.06. The van der Waals surface area contributed by atoms with Gasteiger partial charge < -0.3 is 5.32 Å². The van der Waals surface area contributed by atoms with Crippen molar-refractivity contribution >= 4 is 5.69 Å². The molecule has 2 nitrogen and oxygen atoms in total. The van der Waals surface area contributed by atoms with Crippen LogP contribution in [0.5, 0.6) is 0 Å². The van der Waals surface area contributed by atoms with Crippen LogP contribution in [0.3, 0.4) is 0 Å². The minimum atomic E-state index is 0.983. The molecular weight excluding hydrogens is 136 g/mol. The molecule has 0 atom stereocenters. The second-order valence-corrected chi connectivity index (χ2v) is 2.61. The van der Waals surface area contributed by atoms with Crippen LogP contribution in [0.4, 0.5) is 5.69 Å². The quantitative estimate of drug-likeness (QED) is 0.697. The maximum atomic E-state index is 4.31. The normalized spacial score (nSPS) is 9.73. The number of aryl methyl sites for hydroxylation is 2. The van der Waals surface area contributed by atoms with Crippen molar-refractivity contribution in [3.8, 4) is 0 Å². The molecule has 0 saturated carbocycles. The fourth-order valence-electron chi connectivity index (χ4n) is 1.10. The molecule has 60 valence electrons. The van der Waals surface area contributed by atoms with E-state index in [0.717, 1.165) is 17.8 Å². The Morgan fingerprint density at radius 3 is 2.82 bits per heavy atom. The lowest BCUT2D eigenvalue weighted by Crippen LogP contribution is -1.97. The first kappa shape index (κ1) is 8.05. The molecule has 0 spiro atoms. The molecule has 1 aromatic rings. The minimum absolute atomic E-state index is 0.983. The summed E-state index contributed by atoms with van der Waals surface area (Å²) in [4.78, 5) is 4.31. The smallest absolute Gasteiger partial charge is 0.0631 e. The van der Waals surface area contributed by atoms with Crippen molar-refractivity contribution in [1.82, 2.24) is 4.98 Å². The van der Waals surface area contributed by atoms with Crippen molar-refractivity contribution in [3.63, 3.8) is 0 Å². The Morgan fingerprint density at radius 2 is 2.27 bits per heavy atom. The standard InChI is InChI=1S/C9H14N2/c1-4-8-9(10-3)5-7(2)6-11-8/h5-6,10H,4H2,1-3H3. The molecule has 0 aromatic carbocycles. The van der Waals surface area contributed by atoms with Crippen LogP contribution in [0.1, 0.15) is 18.2 Å². The van der Waals surface area contributed by atoms with Gasteiger partial charge in [0.15, 0.2) is 0 Å². The second-order valence-electron chi connectivity index (χ2n) is 2.61. The lowest BCUT2D eigenvalue weighted by Gasteiger charge is -2.05. The van der Waals surface area contributed by atoms with E-state index < -0.39 is 0 Å². The molecule has 0 aliphatic heterocycles.